The van der Waals surface area contributed by atoms with Crippen LogP contribution in [0.2, 0.25) is 0 Å². The fourth-order valence-corrected chi connectivity index (χ4v) is 1.95. The van der Waals surface area contributed by atoms with Gasteiger partial charge in [-0.05, 0) is 30.9 Å². The van der Waals surface area contributed by atoms with Crippen molar-refractivity contribution in [3.05, 3.63) is 29.8 Å². The lowest BCUT2D eigenvalue weighted by Crippen LogP contribution is -2.36. The third-order valence-corrected chi connectivity index (χ3v) is 3.07. The Morgan fingerprint density at radius 1 is 1.23 bits per heavy atom. The molecule has 1 atom stereocenters. The van der Waals surface area contributed by atoms with Crippen LogP contribution in [0.5, 0.6) is 5.75 Å². The molecule has 0 radical (unpaired) electrons. The molecule has 1 aromatic carbocycles. The number of nitrogens with one attached hydrogen (secondary N) is 1. The lowest BCUT2D eigenvalue weighted by Gasteiger charge is -2.22. The van der Waals surface area contributed by atoms with Gasteiger partial charge < -0.3 is 14.8 Å². The van der Waals surface area contributed by atoms with E-state index in [-0.39, 0.29) is 17.9 Å². The van der Waals surface area contributed by atoms with Gasteiger partial charge in [0.15, 0.2) is 12.7 Å². The molecule has 1 amide bonds. The highest BCUT2D eigenvalue weighted by atomic mass is 16.6. The normalized spacial score (nSPS) is 12.4. The number of hydrogen-bond acceptors (Lipinski definition) is 4. The van der Waals surface area contributed by atoms with Gasteiger partial charge in [-0.25, -0.2) is 4.79 Å². The molecular weight excluding hydrogens is 282 g/mol. The molecule has 0 saturated heterocycles. The molecule has 5 nitrogen and oxygen atoms in total. The largest absolute Gasteiger partial charge is 0.482 e. The highest BCUT2D eigenvalue weighted by molar-refractivity contribution is 5.83. The van der Waals surface area contributed by atoms with Crippen molar-refractivity contribution in [3.8, 4) is 5.75 Å². The molecule has 1 rings (SSSR count). The number of amides is 1. The van der Waals surface area contributed by atoms with Crippen molar-refractivity contribution in [1.82, 2.24) is 5.32 Å². The Bertz CT molecular complexity index is 520. The quantitative estimate of drug-likeness (QED) is 0.820. The molecular formula is C17H25NO4. The molecule has 0 aromatic heterocycles. The first kappa shape index (κ1) is 18.0. The van der Waals surface area contributed by atoms with Gasteiger partial charge >= 0.3 is 5.97 Å². The highest BCUT2D eigenvalue weighted by Crippen LogP contribution is 2.30. The molecule has 0 unspecified atom stereocenters. The summed E-state index contributed by atoms with van der Waals surface area (Å²) >= 11 is 0. The van der Waals surface area contributed by atoms with Crippen molar-refractivity contribution in [2.45, 2.75) is 46.1 Å². The summed E-state index contributed by atoms with van der Waals surface area (Å²) in [5.74, 6) is -0.231. The summed E-state index contributed by atoms with van der Waals surface area (Å²) in [6.45, 7) is 9.83. The van der Waals surface area contributed by atoms with Gasteiger partial charge in [0.1, 0.15) is 5.75 Å². The first-order chi connectivity index (χ1) is 10.3. The van der Waals surface area contributed by atoms with Crippen molar-refractivity contribution in [2.24, 2.45) is 0 Å². The summed E-state index contributed by atoms with van der Waals surface area (Å²) in [5.41, 5.74) is 0.925. The molecule has 122 valence electrons. The van der Waals surface area contributed by atoms with Gasteiger partial charge in [0.2, 0.25) is 0 Å². The Morgan fingerprint density at radius 2 is 1.86 bits per heavy atom. The lowest BCUT2D eigenvalue weighted by molar-refractivity contribution is -0.156. The fraction of sp³-hybridized carbons (Fsp3) is 0.529. The molecule has 0 heterocycles. The maximum Gasteiger partial charge on any atom is 0.344 e. The van der Waals surface area contributed by atoms with E-state index in [1.54, 1.807) is 6.92 Å². The van der Waals surface area contributed by atoms with Crippen LogP contribution in [0.4, 0.5) is 0 Å². The van der Waals surface area contributed by atoms with E-state index in [1.807, 2.05) is 24.3 Å². The van der Waals surface area contributed by atoms with Crippen LogP contribution in [0.15, 0.2) is 24.3 Å². The number of esters is 1. The molecule has 1 N–H and O–H groups in total. The van der Waals surface area contributed by atoms with E-state index in [1.165, 1.54) is 6.92 Å². The summed E-state index contributed by atoms with van der Waals surface area (Å²) in [5, 5.41) is 2.60. The van der Waals surface area contributed by atoms with Crippen molar-refractivity contribution in [3.63, 3.8) is 0 Å². The molecule has 0 aliphatic carbocycles. The minimum Gasteiger partial charge on any atom is -0.482 e. The number of hydrogen-bond donors (Lipinski definition) is 1. The minimum absolute atomic E-state index is 0.0885. The summed E-state index contributed by atoms with van der Waals surface area (Å²) in [6.07, 6.45) is -0.825. The van der Waals surface area contributed by atoms with Crippen LogP contribution in [0.3, 0.4) is 0 Å². The number of benzene rings is 1. The van der Waals surface area contributed by atoms with Crippen LogP contribution in [0.25, 0.3) is 0 Å². The van der Waals surface area contributed by atoms with Crippen LogP contribution in [-0.2, 0) is 19.7 Å². The van der Waals surface area contributed by atoms with Crippen LogP contribution >= 0.6 is 0 Å². The zero-order valence-electron chi connectivity index (χ0n) is 13.9. The highest BCUT2D eigenvalue weighted by Gasteiger charge is 2.20. The number of rotatable bonds is 6. The van der Waals surface area contributed by atoms with Gasteiger partial charge in [-0.2, -0.15) is 0 Å². The third kappa shape index (κ3) is 5.39. The minimum atomic E-state index is -0.825. The van der Waals surface area contributed by atoms with Crippen LogP contribution in [-0.4, -0.2) is 31.1 Å². The number of carbonyl (C=O) groups excluding carboxylic acids is 2. The van der Waals surface area contributed by atoms with Crippen LogP contribution < -0.4 is 10.1 Å². The molecule has 0 bridgehead atoms. The van der Waals surface area contributed by atoms with Gasteiger partial charge in [-0.15, -0.1) is 0 Å². The van der Waals surface area contributed by atoms with Crippen LogP contribution in [0.1, 0.15) is 40.2 Å². The maximum atomic E-state index is 11.8. The van der Waals surface area contributed by atoms with E-state index < -0.39 is 12.1 Å². The zero-order chi connectivity index (χ0) is 16.8. The SMILES string of the molecule is CCNC(=O)[C@H](C)OC(=O)COc1ccccc1C(C)(C)C. The zero-order valence-corrected chi connectivity index (χ0v) is 13.9. The number of ether oxygens (including phenoxy) is 2. The van der Waals surface area contributed by atoms with Gasteiger partial charge in [0.25, 0.3) is 5.91 Å². The summed E-state index contributed by atoms with van der Waals surface area (Å²) in [6, 6.07) is 7.58. The molecule has 0 aliphatic rings. The van der Waals surface area contributed by atoms with Crippen molar-refractivity contribution in [1.29, 1.82) is 0 Å². The summed E-state index contributed by atoms with van der Waals surface area (Å²) in [7, 11) is 0. The van der Waals surface area contributed by atoms with E-state index in [0.717, 1.165) is 5.56 Å². The van der Waals surface area contributed by atoms with Gasteiger partial charge in [-0.1, -0.05) is 39.0 Å². The molecule has 0 spiro atoms. The lowest BCUT2D eigenvalue weighted by atomic mass is 9.86. The maximum absolute atomic E-state index is 11.8. The first-order valence-electron chi connectivity index (χ1n) is 7.45. The topological polar surface area (TPSA) is 64.6 Å². The van der Waals surface area contributed by atoms with Crippen molar-refractivity contribution >= 4 is 11.9 Å². The van der Waals surface area contributed by atoms with E-state index in [4.69, 9.17) is 9.47 Å². The predicted molar refractivity (Wildman–Crippen MR) is 84.9 cm³/mol. The number of likely N-dealkylation sites (N-methyl/N-ethyl adjacent to an activating group) is 1. The van der Waals surface area contributed by atoms with E-state index in [2.05, 4.69) is 26.1 Å². The van der Waals surface area contributed by atoms with E-state index >= 15 is 0 Å². The second-order valence-electron chi connectivity index (χ2n) is 6.06. The Balaban J connectivity index is 2.60. The first-order valence-corrected chi connectivity index (χ1v) is 7.45. The van der Waals surface area contributed by atoms with Gasteiger partial charge in [-0.3, -0.25) is 4.79 Å². The van der Waals surface area contributed by atoms with Crippen LogP contribution in [0, 0.1) is 0 Å². The Hall–Kier alpha value is -2.04. The standard InChI is InChI=1S/C17H25NO4/c1-6-18-16(20)12(2)22-15(19)11-21-14-10-8-7-9-13(14)17(3,4)5/h7-10,12H,6,11H2,1-5H3,(H,18,20)/t12-/m0/s1. The molecule has 0 saturated carbocycles. The fourth-order valence-electron chi connectivity index (χ4n) is 1.95. The van der Waals surface area contributed by atoms with Crippen molar-refractivity contribution in [2.75, 3.05) is 13.2 Å². The van der Waals surface area contributed by atoms with Gasteiger partial charge in [0, 0.05) is 6.54 Å². The Morgan fingerprint density at radius 3 is 2.45 bits per heavy atom. The van der Waals surface area contributed by atoms with Crippen molar-refractivity contribution < 1.29 is 19.1 Å². The second kappa shape index (κ2) is 7.82. The average molecular weight is 307 g/mol. The predicted octanol–water partition coefficient (Wildman–Crippen LogP) is 2.43. The Labute approximate surface area is 132 Å². The smallest absolute Gasteiger partial charge is 0.344 e. The molecule has 22 heavy (non-hydrogen) atoms. The third-order valence-electron chi connectivity index (χ3n) is 3.07. The van der Waals surface area contributed by atoms with Gasteiger partial charge in [0.05, 0.1) is 0 Å². The number of carbonyl (C=O) groups is 2. The Kier molecular flexibility index (Phi) is 6.40. The molecule has 0 aliphatic heterocycles. The summed E-state index contributed by atoms with van der Waals surface area (Å²) in [4.78, 5) is 23.3. The van der Waals surface area contributed by atoms with E-state index in [9.17, 15) is 9.59 Å². The monoisotopic (exact) mass is 307 g/mol. The average Bonchev–Trinajstić information content (AvgIpc) is 2.44. The summed E-state index contributed by atoms with van der Waals surface area (Å²) < 4.78 is 10.6. The molecule has 1 aromatic rings. The molecule has 5 heteroatoms. The second-order valence-corrected chi connectivity index (χ2v) is 6.06. The van der Waals surface area contributed by atoms with E-state index in [0.29, 0.717) is 12.3 Å². The number of para-hydroxylation sites is 1. The molecule has 0 fully saturated rings.